The molecule has 9 nitrogen and oxygen atoms in total. The first-order valence-electron chi connectivity index (χ1n) is 13.3. The third-order valence-corrected chi connectivity index (χ3v) is 6.58. The molecule has 2 heterocycles. The van der Waals surface area contributed by atoms with E-state index >= 15 is 0 Å². The van der Waals surface area contributed by atoms with Crippen LogP contribution in [0.5, 0.6) is 0 Å². The number of fused-ring (bicyclic) bond motifs is 1. The minimum absolute atomic E-state index is 0.0412. The number of carbonyl (C=O) groups is 2. The van der Waals surface area contributed by atoms with E-state index in [1.54, 1.807) is 12.1 Å². The fraction of sp³-hybridized carbons (Fsp3) is 0.448. The van der Waals surface area contributed by atoms with Crippen molar-refractivity contribution in [3.63, 3.8) is 0 Å². The van der Waals surface area contributed by atoms with Gasteiger partial charge in [0.05, 0.1) is 36.0 Å². The van der Waals surface area contributed by atoms with Gasteiger partial charge in [0.1, 0.15) is 5.82 Å². The highest BCUT2D eigenvalue weighted by Crippen LogP contribution is 2.26. The Balaban J connectivity index is 1.70. The summed E-state index contributed by atoms with van der Waals surface area (Å²) < 4.78 is 5.72. The molecule has 0 saturated carbocycles. The second-order valence-corrected chi connectivity index (χ2v) is 11.5. The number of hydrogen-bond donors (Lipinski definition) is 5. The van der Waals surface area contributed by atoms with Gasteiger partial charge in [0.15, 0.2) is 0 Å². The van der Waals surface area contributed by atoms with Crippen LogP contribution in [0.3, 0.4) is 0 Å². The van der Waals surface area contributed by atoms with E-state index in [1.165, 1.54) is 17.8 Å². The number of halogens is 2. The number of carboxylic acids is 1. The van der Waals surface area contributed by atoms with E-state index < -0.39 is 29.9 Å². The Kier molecular flexibility index (Phi) is 11.4. The number of aryl methyl sites for hydroxylation is 2. The number of carboxylic acid groups (broad SMARTS) is 1. The summed E-state index contributed by atoms with van der Waals surface area (Å²) in [5.41, 5.74) is 2.17. The fourth-order valence-electron chi connectivity index (χ4n) is 4.15. The monoisotopic (exact) mass is 589 g/mol. The maximum absolute atomic E-state index is 13.4. The zero-order valence-corrected chi connectivity index (χ0v) is 24.6. The number of amides is 1. The summed E-state index contributed by atoms with van der Waals surface area (Å²) in [7, 11) is 0. The molecule has 1 aromatic heterocycles. The molecule has 1 atom stereocenters. The Morgan fingerprint density at radius 3 is 2.62 bits per heavy atom. The van der Waals surface area contributed by atoms with E-state index in [2.05, 4.69) is 22.0 Å². The molecule has 0 spiro atoms. The van der Waals surface area contributed by atoms with Crippen molar-refractivity contribution >= 4 is 46.6 Å². The lowest BCUT2D eigenvalue weighted by molar-refractivity contribution is -0.137. The molecule has 1 aromatic carbocycles. The summed E-state index contributed by atoms with van der Waals surface area (Å²) in [5, 5.41) is 27.9. The van der Waals surface area contributed by atoms with Crippen molar-refractivity contribution in [2.45, 2.75) is 64.5 Å². The van der Waals surface area contributed by atoms with E-state index in [1.807, 2.05) is 26.8 Å². The summed E-state index contributed by atoms with van der Waals surface area (Å²) in [6, 6.07) is 7.89. The maximum atomic E-state index is 13.4. The van der Waals surface area contributed by atoms with Crippen LogP contribution in [0.4, 0.5) is 5.82 Å². The molecule has 0 radical (unpaired) electrons. The normalized spacial score (nSPS) is 14.1. The lowest BCUT2D eigenvalue weighted by atomic mass is 10.0. The smallest absolute Gasteiger partial charge is 0.305 e. The number of ether oxygens (including phenoxy) is 1. The van der Waals surface area contributed by atoms with Gasteiger partial charge in [-0.25, -0.2) is 4.98 Å². The molecule has 1 unspecified atom stereocenters. The Bertz CT molecular complexity index is 1240. The van der Waals surface area contributed by atoms with Gasteiger partial charge in [-0.05, 0) is 81.8 Å². The molecule has 1 aliphatic heterocycles. The Morgan fingerprint density at radius 2 is 1.95 bits per heavy atom. The number of anilines is 1. The van der Waals surface area contributed by atoms with Crippen LogP contribution in [-0.4, -0.2) is 53.0 Å². The van der Waals surface area contributed by atoms with Crippen molar-refractivity contribution in [2.75, 3.05) is 25.0 Å². The van der Waals surface area contributed by atoms with Gasteiger partial charge in [-0.2, -0.15) is 0 Å². The van der Waals surface area contributed by atoms with Crippen molar-refractivity contribution in [1.82, 2.24) is 15.6 Å². The highest BCUT2D eigenvalue weighted by atomic mass is 35.5. The number of aliphatic carboxylic acids is 1. The number of aromatic nitrogens is 1. The number of nitrogens with zero attached hydrogens (tertiary/aromatic N) is 1. The number of pyridine rings is 1. The van der Waals surface area contributed by atoms with Crippen LogP contribution >= 0.6 is 23.2 Å². The molecule has 1 amide bonds. The SMILES string of the molecule is CC(C)(C)OCC(=N)/C(=C\NCCCc1ccc2c(n1)NCCC2)C(=O)NC(CC(=O)O)c1cc(Cl)cc(Cl)c1. The molecule has 3 rings (SSSR count). The summed E-state index contributed by atoms with van der Waals surface area (Å²) in [6.45, 7) is 6.96. The molecule has 1 aliphatic rings. The second-order valence-electron chi connectivity index (χ2n) is 10.7. The van der Waals surface area contributed by atoms with Crippen LogP contribution in [0.25, 0.3) is 0 Å². The van der Waals surface area contributed by atoms with Gasteiger partial charge in [0, 0.05) is 35.0 Å². The van der Waals surface area contributed by atoms with Gasteiger partial charge < -0.3 is 31.2 Å². The quantitative estimate of drug-likeness (QED) is 0.121. The molecule has 2 aromatic rings. The highest BCUT2D eigenvalue weighted by Gasteiger charge is 2.24. The van der Waals surface area contributed by atoms with Crippen molar-refractivity contribution in [3.05, 3.63) is 69.0 Å². The third kappa shape index (κ3) is 10.1. The minimum atomic E-state index is -1.11. The van der Waals surface area contributed by atoms with Gasteiger partial charge in [-0.15, -0.1) is 0 Å². The number of rotatable bonds is 13. The predicted molar refractivity (Wildman–Crippen MR) is 158 cm³/mol. The maximum Gasteiger partial charge on any atom is 0.305 e. The number of benzene rings is 1. The predicted octanol–water partition coefficient (Wildman–Crippen LogP) is 5.32. The molecular formula is C29H37Cl2N5O4. The van der Waals surface area contributed by atoms with Crippen LogP contribution in [0, 0.1) is 5.41 Å². The highest BCUT2D eigenvalue weighted by molar-refractivity contribution is 6.34. The van der Waals surface area contributed by atoms with Crippen molar-refractivity contribution in [2.24, 2.45) is 0 Å². The van der Waals surface area contributed by atoms with E-state index in [9.17, 15) is 14.7 Å². The molecule has 0 aliphatic carbocycles. The number of nitrogens with one attached hydrogen (secondary N) is 4. The molecule has 11 heteroatoms. The first-order valence-corrected chi connectivity index (χ1v) is 14.0. The summed E-state index contributed by atoms with van der Waals surface area (Å²) in [6.07, 6.45) is 4.74. The second kappa shape index (κ2) is 14.5. The number of carbonyl (C=O) groups excluding carboxylic acids is 1. The lowest BCUT2D eigenvalue weighted by Gasteiger charge is -2.22. The topological polar surface area (TPSA) is 136 Å². The van der Waals surface area contributed by atoms with Gasteiger partial charge in [0.25, 0.3) is 5.91 Å². The molecule has 0 fully saturated rings. The van der Waals surface area contributed by atoms with Crippen molar-refractivity contribution < 1.29 is 19.4 Å². The van der Waals surface area contributed by atoms with Gasteiger partial charge >= 0.3 is 5.97 Å². The van der Waals surface area contributed by atoms with Crippen molar-refractivity contribution in [3.8, 4) is 0 Å². The average molecular weight is 591 g/mol. The van der Waals surface area contributed by atoms with E-state index in [0.717, 1.165) is 43.7 Å². The zero-order valence-electron chi connectivity index (χ0n) is 23.1. The summed E-state index contributed by atoms with van der Waals surface area (Å²) in [5.74, 6) is -0.762. The van der Waals surface area contributed by atoms with E-state index in [4.69, 9.17) is 38.3 Å². The van der Waals surface area contributed by atoms with Crippen LogP contribution in [0.2, 0.25) is 10.0 Å². The molecule has 0 saturated heterocycles. The Labute approximate surface area is 245 Å². The largest absolute Gasteiger partial charge is 0.481 e. The Hall–Kier alpha value is -3.14. The zero-order chi connectivity index (χ0) is 29.3. The molecule has 5 N–H and O–H groups in total. The lowest BCUT2D eigenvalue weighted by Crippen LogP contribution is -2.36. The molecular weight excluding hydrogens is 553 g/mol. The molecule has 40 heavy (non-hydrogen) atoms. The van der Waals surface area contributed by atoms with Crippen molar-refractivity contribution in [1.29, 1.82) is 5.41 Å². The first kappa shape index (κ1) is 31.4. The standard InChI is InChI=1S/C29H37Cl2N5O4/c1-29(2,3)40-17-24(32)23(16-33-10-5-7-22-9-8-18-6-4-11-34-27(18)35-22)28(39)36-25(15-26(37)38)19-12-20(30)14-21(31)13-19/h8-9,12-14,16,25,32-33H,4-7,10-11,15,17H2,1-3H3,(H,34,35)(H,36,39)(H,37,38)/b23-16+,32-24?. The van der Waals surface area contributed by atoms with Crippen LogP contribution in [-0.2, 0) is 27.2 Å². The van der Waals surface area contributed by atoms with E-state index in [-0.39, 0.29) is 17.9 Å². The summed E-state index contributed by atoms with van der Waals surface area (Å²) in [4.78, 5) is 29.7. The van der Waals surface area contributed by atoms with Gasteiger partial charge in [-0.3, -0.25) is 9.59 Å². The number of hydrogen-bond acceptors (Lipinski definition) is 7. The summed E-state index contributed by atoms with van der Waals surface area (Å²) >= 11 is 12.2. The third-order valence-electron chi connectivity index (χ3n) is 6.14. The van der Waals surface area contributed by atoms with Crippen LogP contribution < -0.4 is 16.0 Å². The van der Waals surface area contributed by atoms with Crippen LogP contribution in [0.1, 0.15) is 62.9 Å². The first-order chi connectivity index (χ1) is 18.9. The van der Waals surface area contributed by atoms with Crippen LogP contribution in [0.15, 0.2) is 42.1 Å². The van der Waals surface area contributed by atoms with E-state index in [0.29, 0.717) is 22.2 Å². The fourth-order valence-corrected chi connectivity index (χ4v) is 4.69. The molecule has 0 bridgehead atoms. The Morgan fingerprint density at radius 1 is 1.23 bits per heavy atom. The minimum Gasteiger partial charge on any atom is -0.481 e. The van der Waals surface area contributed by atoms with Gasteiger partial charge in [-0.1, -0.05) is 29.3 Å². The average Bonchev–Trinajstić information content (AvgIpc) is 2.87. The molecule has 216 valence electrons. The van der Waals surface area contributed by atoms with Gasteiger partial charge in [0.2, 0.25) is 0 Å².